The number of imide groups is 1. The van der Waals surface area contributed by atoms with Gasteiger partial charge in [0.05, 0.1) is 17.5 Å². The highest BCUT2D eigenvalue weighted by Gasteiger charge is 2.59. The highest BCUT2D eigenvalue weighted by Crippen LogP contribution is 2.57. The minimum Gasteiger partial charge on any atom is -0.458 e. The molecule has 34 heavy (non-hydrogen) atoms. The van der Waals surface area contributed by atoms with Crippen molar-refractivity contribution in [1.29, 1.82) is 0 Å². The van der Waals surface area contributed by atoms with Crippen molar-refractivity contribution in [3.8, 4) is 0 Å². The predicted octanol–water partition coefficient (Wildman–Crippen LogP) is 5.25. The number of anilines is 1. The summed E-state index contributed by atoms with van der Waals surface area (Å²) in [6, 6.07) is 19.4. The highest BCUT2D eigenvalue weighted by atomic mass is 16.5. The fourth-order valence-electron chi connectivity index (χ4n) is 6.36. The molecule has 176 valence electrons. The molecule has 3 atom stereocenters. The minimum absolute atomic E-state index is 0.0771. The molecule has 5 heteroatoms. The number of fused-ring (bicyclic) bond motifs is 2. The molecule has 1 saturated carbocycles. The molecule has 0 bridgehead atoms. The SMILES string of the molecule is CC(=O)OC(CCc1ccccc1)C1=CC2(CCCC2)[C@@H]2C(=O)N(c3ccccc3)C(=O)[C@@H]2C1. The number of carbonyl (C=O) groups excluding carboxylic acids is 3. The first-order valence-corrected chi connectivity index (χ1v) is 12.3. The highest BCUT2D eigenvalue weighted by molar-refractivity contribution is 6.22. The number of hydrogen-bond donors (Lipinski definition) is 0. The van der Waals surface area contributed by atoms with Gasteiger partial charge < -0.3 is 4.74 Å². The number of ether oxygens (including phenoxy) is 1. The van der Waals surface area contributed by atoms with E-state index in [2.05, 4.69) is 18.2 Å². The Kier molecular flexibility index (Phi) is 6.11. The van der Waals surface area contributed by atoms with E-state index in [1.165, 1.54) is 17.4 Å². The minimum atomic E-state index is -0.402. The number of carbonyl (C=O) groups is 3. The van der Waals surface area contributed by atoms with Gasteiger partial charge in [0.2, 0.25) is 11.8 Å². The van der Waals surface area contributed by atoms with E-state index in [0.717, 1.165) is 37.7 Å². The van der Waals surface area contributed by atoms with Crippen molar-refractivity contribution >= 4 is 23.5 Å². The van der Waals surface area contributed by atoms with Gasteiger partial charge in [-0.15, -0.1) is 0 Å². The van der Waals surface area contributed by atoms with Crippen molar-refractivity contribution in [3.63, 3.8) is 0 Å². The number of amides is 2. The summed E-state index contributed by atoms with van der Waals surface area (Å²) in [5, 5.41) is 0. The molecule has 3 aliphatic rings. The summed E-state index contributed by atoms with van der Waals surface area (Å²) in [4.78, 5) is 40.7. The maximum absolute atomic E-state index is 13.7. The number of benzene rings is 2. The fraction of sp³-hybridized carbons (Fsp3) is 0.414. The van der Waals surface area contributed by atoms with Crippen LogP contribution in [0.5, 0.6) is 0 Å². The zero-order valence-electron chi connectivity index (χ0n) is 19.6. The van der Waals surface area contributed by atoms with E-state index < -0.39 is 5.92 Å². The molecule has 2 aromatic carbocycles. The monoisotopic (exact) mass is 457 g/mol. The normalized spacial score (nSPS) is 24.1. The van der Waals surface area contributed by atoms with Crippen molar-refractivity contribution in [3.05, 3.63) is 77.9 Å². The van der Waals surface area contributed by atoms with Crippen molar-refractivity contribution in [2.24, 2.45) is 17.3 Å². The van der Waals surface area contributed by atoms with E-state index in [-0.39, 0.29) is 35.2 Å². The molecule has 1 spiro atoms. The van der Waals surface area contributed by atoms with Gasteiger partial charge in [-0.25, -0.2) is 0 Å². The second-order valence-electron chi connectivity index (χ2n) is 9.92. The van der Waals surface area contributed by atoms with E-state index >= 15 is 0 Å². The Bertz CT molecular complexity index is 1100. The first-order chi connectivity index (χ1) is 16.5. The lowest BCUT2D eigenvalue weighted by molar-refractivity contribution is -0.145. The molecule has 1 aliphatic heterocycles. The summed E-state index contributed by atoms with van der Waals surface area (Å²) in [5.41, 5.74) is 2.50. The molecule has 2 aliphatic carbocycles. The van der Waals surface area contributed by atoms with Crippen LogP contribution in [0.25, 0.3) is 0 Å². The topological polar surface area (TPSA) is 63.7 Å². The van der Waals surface area contributed by atoms with Gasteiger partial charge in [-0.3, -0.25) is 19.3 Å². The molecule has 0 N–H and O–H groups in total. The van der Waals surface area contributed by atoms with Gasteiger partial charge in [-0.1, -0.05) is 67.4 Å². The number of rotatable bonds is 6. The number of aryl methyl sites for hydroxylation is 1. The van der Waals surface area contributed by atoms with Crippen molar-refractivity contribution in [2.75, 3.05) is 4.90 Å². The lowest BCUT2D eigenvalue weighted by Crippen LogP contribution is -2.40. The van der Waals surface area contributed by atoms with Gasteiger partial charge in [0.15, 0.2) is 0 Å². The Balaban J connectivity index is 1.48. The van der Waals surface area contributed by atoms with Crippen LogP contribution in [0.3, 0.4) is 0 Å². The van der Waals surface area contributed by atoms with Gasteiger partial charge in [-0.2, -0.15) is 0 Å². The molecule has 5 nitrogen and oxygen atoms in total. The third kappa shape index (κ3) is 4.08. The summed E-state index contributed by atoms with van der Waals surface area (Å²) >= 11 is 0. The van der Waals surface area contributed by atoms with Crippen molar-refractivity contribution < 1.29 is 19.1 Å². The molecule has 0 radical (unpaired) electrons. The number of para-hydroxylation sites is 1. The van der Waals surface area contributed by atoms with E-state index in [9.17, 15) is 14.4 Å². The molecular weight excluding hydrogens is 426 g/mol. The molecule has 1 unspecified atom stereocenters. The van der Waals surface area contributed by atoms with Crippen LogP contribution in [0.2, 0.25) is 0 Å². The largest absolute Gasteiger partial charge is 0.458 e. The van der Waals surface area contributed by atoms with Gasteiger partial charge in [0.1, 0.15) is 6.10 Å². The smallest absolute Gasteiger partial charge is 0.303 e. The number of hydrogen-bond acceptors (Lipinski definition) is 4. The van der Waals surface area contributed by atoms with Crippen LogP contribution in [0, 0.1) is 17.3 Å². The Hall–Kier alpha value is -3.21. The Morgan fingerprint density at radius 1 is 1.00 bits per heavy atom. The van der Waals surface area contributed by atoms with Crippen molar-refractivity contribution in [2.45, 2.75) is 58.0 Å². The summed E-state index contributed by atoms with van der Waals surface area (Å²) in [5.74, 6) is -1.25. The maximum Gasteiger partial charge on any atom is 0.303 e. The molecule has 2 aromatic rings. The molecule has 5 rings (SSSR count). The van der Waals surface area contributed by atoms with E-state index in [1.807, 2.05) is 48.5 Å². The molecule has 1 heterocycles. The third-order valence-corrected chi connectivity index (χ3v) is 7.78. The van der Waals surface area contributed by atoms with Gasteiger partial charge in [0, 0.05) is 12.3 Å². The molecule has 0 aromatic heterocycles. The molecule has 2 fully saturated rings. The van der Waals surface area contributed by atoms with Crippen LogP contribution in [-0.4, -0.2) is 23.9 Å². The Morgan fingerprint density at radius 3 is 2.29 bits per heavy atom. The number of allylic oxidation sites excluding steroid dienone is 1. The van der Waals surface area contributed by atoms with E-state index in [0.29, 0.717) is 18.5 Å². The summed E-state index contributed by atoms with van der Waals surface area (Å²) in [7, 11) is 0. The van der Waals surface area contributed by atoms with Crippen LogP contribution in [0.15, 0.2) is 72.3 Å². The van der Waals surface area contributed by atoms with Crippen LogP contribution in [0.1, 0.15) is 51.0 Å². The number of nitrogens with zero attached hydrogens (tertiary/aromatic N) is 1. The predicted molar refractivity (Wildman–Crippen MR) is 130 cm³/mol. The molecular formula is C29H31NO4. The standard InChI is InChI=1S/C29H31NO4/c1-20(31)34-25(15-14-21-10-4-2-5-11-21)22-18-24-26(29(19-22)16-8-9-17-29)28(33)30(27(24)32)23-12-6-3-7-13-23/h2-7,10-13,19,24-26H,8-9,14-18H2,1H3/t24-,25?,26+/m1/s1. The van der Waals surface area contributed by atoms with Crippen LogP contribution < -0.4 is 4.90 Å². The molecule has 2 amide bonds. The van der Waals surface area contributed by atoms with E-state index in [1.54, 1.807) is 0 Å². The second-order valence-corrected chi connectivity index (χ2v) is 9.92. The second kappa shape index (κ2) is 9.21. The summed E-state index contributed by atoms with van der Waals surface area (Å²) in [6.07, 6.45) is 7.63. The quantitative estimate of drug-likeness (QED) is 0.338. The maximum atomic E-state index is 13.7. The van der Waals surface area contributed by atoms with Gasteiger partial charge in [0.25, 0.3) is 0 Å². The lowest BCUT2D eigenvalue weighted by atomic mass is 9.62. The van der Waals surface area contributed by atoms with Gasteiger partial charge >= 0.3 is 5.97 Å². The third-order valence-electron chi connectivity index (χ3n) is 7.78. The van der Waals surface area contributed by atoms with Crippen LogP contribution in [0.4, 0.5) is 5.69 Å². The first kappa shape index (κ1) is 22.6. The van der Waals surface area contributed by atoms with Crippen LogP contribution in [-0.2, 0) is 25.5 Å². The Labute approximate surface area is 200 Å². The average molecular weight is 458 g/mol. The van der Waals surface area contributed by atoms with Crippen molar-refractivity contribution in [1.82, 2.24) is 0 Å². The van der Waals surface area contributed by atoms with Gasteiger partial charge in [-0.05, 0) is 55.4 Å². The van der Waals surface area contributed by atoms with E-state index in [4.69, 9.17) is 4.74 Å². The number of esters is 1. The first-order valence-electron chi connectivity index (χ1n) is 12.3. The summed E-state index contributed by atoms with van der Waals surface area (Å²) < 4.78 is 5.82. The zero-order valence-corrected chi connectivity index (χ0v) is 19.6. The summed E-state index contributed by atoms with van der Waals surface area (Å²) in [6.45, 7) is 1.44. The Morgan fingerprint density at radius 2 is 1.65 bits per heavy atom. The zero-order chi connectivity index (χ0) is 23.7. The average Bonchev–Trinajstić information content (AvgIpc) is 3.40. The van der Waals surface area contributed by atoms with Crippen LogP contribution >= 0.6 is 0 Å². The molecule has 1 saturated heterocycles. The lowest BCUT2D eigenvalue weighted by Gasteiger charge is -2.40. The fourth-order valence-corrected chi connectivity index (χ4v) is 6.36.